The number of rotatable bonds is 6. The van der Waals surface area contributed by atoms with E-state index >= 15 is 0 Å². The molecule has 0 aromatic rings. The van der Waals surface area contributed by atoms with Crippen LogP contribution in [0.4, 0.5) is 26.3 Å². The molecule has 21 heavy (non-hydrogen) atoms. The summed E-state index contributed by atoms with van der Waals surface area (Å²) >= 11 is 0. The second-order valence-corrected chi connectivity index (χ2v) is 4.68. The van der Waals surface area contributed by atoms with Crippen LogP contribution in [-0.2, 0) is 9.59 Å². The van der Waals surface area contributed by atoms with Gasteiger partial charge in [0.1, 0.15) is 6.54 Å². The largest absolute Gasteiger partial charge is 0.405 e. The summed E-state index contributed by atoms with van der Waals surface area (Å²) in [6.07, 6.45) is -9.49. The SMILES string of the molecule is CC(CC(=O)NCC(=O)NCC(F)(F)F)[C@@H](C)C(F)(F)F. The van der Waals surface area contributed by atoms with E-state index in [0.29, 0.717) is 0 Å². The van der Waals surface area contributed by atoms with Crippen molar-refractivity contribution in [2.45, 2.75) is 32.6 Å². The van der Waals surface area contributed by atoms with E-state index < -0.39 is 55.5 Å². The molecule has 10 heteroatoms. The fourth-order valence-corrected chi connectivity index (χ4v) is 1.30. The Bertz CT molecular complexity index is 367. The number of nitrogens with one attached hydrogen (secondary N) is 2. The van der Waals surface area contributed by atoms with Gasteiger partial charge >= 0.3 is 12.4 Å². The second kappa shape index (κ2) is 7.51. The molecule has 0 spiro atoms. The molecule has 4 nitrogen and oxygen atoms in total. The Morgan fingerprint density at radius 2 is 1.48 bits per heavy atom. The van der Waals surface area contributed by atoms with Crippen LogP contribution in [0.25, 0.3) is 0 Å². The van der Waals surface area contributed by atoms with Gasteiger partial charge in [-0.25, -0.2) is 0 Å². The summed E-state index contributed by atoms with van der Waals surface area (Å²) in [5.74, 6) is -4.62. The fourth-order valence-electron chi connectivity index (χ4n) is 1.30. The number of hydrogen-bond donors (Lipinski definition) is 2. The van der Waals surface area contributed by atoms with Crippen LogP contribution in [0.15, 0.2) is 0 Å². The highest BCUT2D eigenvalue weighted by atomic mass is 19.4. The summed E-state index contributed by atoms with van der Waals surface area (Å²) < 4.78 is 72.5. The number of carbonyl (C=O) groups excluding carboxylic acids is 2. The Labute approximate surface area is 117 Å². The lowest BCUT2D eigenvalue weighted by atomic mass is 9.92. The van der Waals surface area contributed by atoms with E-state index in [4.69, 9.17) is 0 Å². The van der Waals surface area contributed by atoms with Gasteiger partial charge in [-0.05, 0) is 5.92 Å². The van der Waals surface area contributed by atoms with Gasteiger partial charge in [0.15, 0.2) is 0 Å². The predicted molar refractivity (Wildman–Crippen MR) is 61.1 cm³/mol. The van der Waals surface area contributed by atoms with Crippen molar-refractivity contribution in [2.75, 3.05) is 13.1 Å². The molecule has 0 rings (SSSR count). The zero-order valence-electron chi connectivity index (χ0n) is 11.4. The van der Waals surface area contributed by atoms with Gasteiger partial charge in [-0.1, -0.05) is 13.8 Å². The van der Waals surface area contributed by atoms with Gasteiger partial charge in [-0.2, -0.15) is 26.3 Å². The third-order valence-corrected chi connectivity index (χ3v) is 2.81. The minimum atomic E-state index is -4.57. The van der Waals surface area contributed by atoms with Crippen molar-refractivity contribution in [3.05, 3.63) is 0 Å². The van der Waals surface area contributed by atoms with Gasteiger partial charge in [0, 0.05) is 6.42 Å². The molecule has 2 N–H and O–H groups in total. The molecule has 2 atom stereocenters. The number of amides is 2. The number of halogens is 6. The molecular weight excluding hydrogens is 306 g/mol. The van der Waals surface area contributed by atoms with Crippen LogP contribution in [0.5, 0.6) is 0 Å². The molecule has 0 saturated heterocycles. The lowest BCUT2D eigenvalue weighted by molar-refractivity contribution is -0.182. The Balaban J connectivity index is 4.08. The molecule has 0 aliphatic heterocycles. The minimum absolute atomic E-state index is 0.479. The van der Waals surface area contributed by atoms with Crippen molar-refractivity contribution in [1.82, 2.24) is 10.6 Å². The first-order valence-electron chi connectivity index (χ1n) is 5.99. The minimum Gasteiger partial charge on any atom is -0.347 e. The molecular formula is C11H16F6N2O2. The van der Waals surface area contributed by atoms with E-state index in [-0.39, 0.29) is 0 Å². The van der Waals surface area contributed by atoms with E-state index in [9.17, 15) is 35.9 Å². The molecule has 0 aromatic carbocycles. The van der Waals surface area contributed by atoms with Crippen LogP contribution < -0.4 is 10.6 Å². The van der Waals surface area contributed by atoms with Crippen molar-refractivity contribution < 1.29 is 35.9 Å². The van der Waals surface area contributed by atoms with Crippen LogP contribution >= 0.6 is 0 Å². The van der Waals surface area contributed by atoms with E-state index in [1.165, 1.54) is 12.2 Å². The van der Waals surface area contributed by atoms with Gasteiger partial charge in [-0.3, -0.25) is 9.59 Å². The maximum atomic E-state index is 12.4. The van der Waals surface area contributed by atoms with E-state index in [2.05, 4.69) is 0 Å². The van der Waals surface area contributed by atoms with Crippen LogP contribution in [0.2, 0.25) is 0 Å². The summed E-state index contributed by atoms with van der Waals surface area (Å²) in [6, 6.07) is 0. The van der Waals surface area contributed by atoms with Gasteiger partial charge in [-0.15, -0.1) is 0 Å². The van der Waals surface area contributed by atoms with Crippen LogP contribution in [-0.4, -0.2) is 37.3 Å². The third kappa shape index (κ3) is 9.14. The van der Waals surface area contributed by atoms with Gasteiger partial charge in [0.25, 0.3) is 0 Å². The molecule has 0 radical (unpaired) electrons. The van der Waals surface area contributed by atoms with E-state index in [0.717, 1.165) is 6.92 Å². The molecule has 0 saturated carbocycles. The molecule has 0 heterocycles. The Morgan fingerprint density at radius 3 is 1.90 bits per heavy atom. The normalized spacial score (nSPS) is 15.2. The average molecular weight is 322 g/mol. The highest BCUT2D eigenvalue weighted by Gasteiger charge is 2.39. The lowest BCUT2D eigenvalue weighted by Crippen LogP contribution is -2.41. The lowest BCUT2D eigenvalue weighted by Gasteiger charge is -2.22. The molecule has 2 amide bonds. The maximum absolute atomic E-state index is 12.4. The summed E-state index contributed by atoms with van der Waals surface area (Å²) in [7, 11) is 0. The van der Waals surface area contributed by atoms with Crippen molar-refractivity contribution in [3.63, 3.8) is 0 Å². The van der Waals surface area contributed by atoms with Crippen molar-refractivity contribution in [1.29, 1.82) is 0 Å². The second-order valence-electron chi connectivity index (χ2n) is 4.68. The van der Waals surface area contributed by atoms with Crippen LogP contribution in [0, 0.1) is 11.8 Å². The average Bonchev–Trinajstić information content (AvgIpc) is 2.30. The first-order chi connectivity index (χ1) is 9.33. The summed E-state index contributed by atoms with van der Waals surface area (Å²) in [6.45, 7) is -0.110. The smallest absolute Gasteiger partial charge is 0.347 e. The quantitative estimate of drug-likeness (QED) is 0.735. The van der Waals surface area contributed by atoms with Crippen molar-refractivity contribution in [3.8, 4) is 0 Å². The molecule has 0 aromatic heterocycles. The zero-order valence-corrected chi connectivity index (χ0v) is 11.4. The Hall–Kier alpha value is -1.48. The molecule has 0 aliphatic carbocycles. The first kappa shape index (κ1) is 19.5. The monoisotopic (exact) mass is 322 g/mol. The summed E-state index contributed by atoms with van der Waals surface area (Å²) in [5.41, 5.74) is 0. The number of alkyl halides is 6. The molecule has 124 valence electrons. The van der Waals surface area contributed by atoms with Crippen molar-refractivity contribution in [2.24, 2.45) is 11.8 Å². The highest BCUT2D eigenvalue weighted by Crippen LogP contribution is 2.32. The number of hydrogen-bond acceptors (Lipinski definition) is 2. The predicted octanol–water partition coefficient (Wildman–Crippen LogP) is 2.01. The number of carbonyl (C=O) groups is 2. The van der Waals surface area contributed by atoms with Crippen LogP contribution in [0.3, 0.4) is 0 Å². The van der Waals surface area contributed by atoms with Gasteiger partial charge in [0.05, 0.1) is 12.5 Å². The Kier molecular flexibility index (Phi) is 6.98. The molecule has 0 bridgehead atoms. The Morgan fingerprint density at radius 1 is 0.952 bits per heavy atom. The fraction of sp³-hybridized carbons (Fsp3) is 0.818. The topological polar surface area (TPSA) is 58.2 Å². The highest BCUT2D eigenvalue weighted by molar-refractivity contribution is 5.84. The molecule has 0 aliphatic rings. The van der Waals surface area contributed by atoms with Crippen LogP contribution in [0.1, 0.15) is 20.3 Å². The van der Waals surface area contributed by atoms with Gasteiger partial charge < -0.3 is 10.6 Å². The zero-order chi connectivity index (χ0) is 16.8. The van der Waals surface area contributed by atoms with Crippen molar-refractivity contribution >= 4 is 11.8 Å². The van der Waals surface area contributed by atoms with E-state index in [1.54, 1.807) is 0 Å². The molecule has 1 unspecified atom stereocenters. The summed E-state index contributed by atoms with van der Waals surface area (Å²) in [5, 5.41) is 3.49. The third-order valence-electron chi connectivity index (χ3n) is 2.81. The van der Waals surface area contributed by atoms with Gasteiger partial charge in [0.2, 0.25) is 11.8 Å². The first-order valence-corrected chi connectivity index (χ1v) is 5.99. The standard InChI is InChI=1S/C11H16F6N2O2/c1-6(7(2)11(15,16)17)3-8(20)18-4-9(21)19-5-10(12,13)14/h6-7H,3-5H2,1-2H3,(H,18,20)(H,19,21)/t6?,7-/m1/s1. The maximum Gasteiger partial charge on any atom is 0.405 e. The molecule has 0 fully saturated rings. The summed E-state index contributed by atoms with van der Waals surface area (Å²) in [4.78, 5) is 22.3. The van der Waals surface area contributed by atoms with E-state index in [1.807, 2.05) is 5.32 Å².